The summed E-state index contributed by atoms with van der Waals surface area (Å²) in [6.45, 7) is 2.87. The number of nitrogens with two attached hydrogens (primary N) is 1. The third-order valence-electron chi connectivity index (χ3n) is 5.21. The number of nitrogens with one attached hydrogen (secondary N) is 1. The fourth-order valence-electron chi connectivity index (χ4n) is 3.79. The van der Waals surface area contributed by atoms with Gasteiger partial charge in [0.2, 0.25) is 5.95 Å². The summed E-state index contributed by atoms with van der Waals surface area (Å²) in [6.07, 6.45) is 3.88. The molecule has 1 fully saturated rings. The fraction of sp³-hybridized carbons (Fsp3) is 0.350. The minimum Gasteiger partial charge on any atom is -0.368 e. The number of nitrogens with zero attached hydrogens (tertiary/aromatic N) is 4. The van der Waals surface area contributed by atoms with Crippen molar-refractivity contribution in [3.63, 3.8) is 0 Å². The Balaban J connectivity index is 1.83. The van der Waals surface area contributed by atoms with E-state index in [4.69, 9.17) is 33.9 Å². The Hall–Kier alpha value is -2.15. The van der Waals surface area contributed by atoms with Crippen LogP contribution in [-0.4, -0.2) is 41.6 Å². The van der Waals surface area contributed by atoms with Gasteiger partial charge in [0, 0.05) is 35.8 Å². The van der Waals surface area contributed by atoms with Crippen LogP contribution in [0.2, 0.25) is 10.0 Å². The van der Waals surface area contributed by atoms with Gasteiger partial charge < -0.3 is 16.0 Å². The van der Waals surface area contributed by atoms with Crippen LogP contribution in [0.15, 0.2) is 30.5 Å². The summed E-state index contributed by atoms with van der Waals surface area (Å²) >= 11 is 13.1. The van der Waals surface area contributed by atoms with Crippen molar-refractivity contribution in [1.82, 2.24) is 20.3 Å². The van der Waals surface area contributed by atoms with Crippen molar-refractivity contribution in [2.45, 2.75) is 12.8 Å². The van der Waals surface area contributed by atoms with E-state index < -0.39 is 0 Å². The Kier molecular flexibility index (Phi) is 5.53. The van der Waals surface area contributed by atoms with Gasteiger partial charge >= 0.3 is 0 Å². The number of nitrogen functional groups attached to an aromatic ring is 1. The first-order chi connectivity index (χ1) is 13.6. The van der Waals surface area contributed by atoms with E-state index in [0.29, 0.717) is 21.6 Å². The number of halogens is 2. The van der Waals surface area contributed by atoms with Crippen LogP contribution in [0.4, 0.5) is 11.8 Å². The van der Waals surface area contributed by atoms with Crippen molar-refractivity contribution in [3.05, 3.63) is 40.5 Å². The van der Waals surface area contributed by atoms with Crippen LogP contribution >= 0.6 is 23.2 Å². The minimum atomic E-state index is 0.210. The highest BCUT2D eigenvalue weighted by molar-refractivity contribution is 6.39. The topological polar surface area (TPSA) is 80.0 Å². The molecule has 0 radical (unpaired) electrons. The van der Waals surface area contributed by atoms with Crippen LogP contribution in [0.25, 0.3) is 22.2 Å². The molecular formula is C20H22Cl2N6. The normalized spacial score (nSPS) is 15.3. The molecule has 8 heteroatoms. The number of piperidine rings is 1. The Labute approximate surface area is 174 Å². The molecule has 0 atom stereocenters. The minimum absolute atomic E-state index is 0.210. The number of aromatic nitrogens is 3. The average Bonchev–Trinajstić information content (AvgIpc) is 2.68. The van der Waals surface area contributed by atoms with E-state index in [1.807, 2.05) is 31.3 Å². The lowest BCUT2D eigenvalue weighted by Crippen LogP contribution is -2.37. The van der Waals surface area contributed by atoms with Gasteiger partial charge in [0.05, 0.1) is 10.0 Å². The molecule has 0 unspecified atom stereocenters. The van der Waals surface area contributed by atoms with Crippen LogP contribution in [0.5, 0.6) is 0 Å². The molecule has 1 aromatic carbocycles. The van der Waals surface area contributed by atoms with Crippen LogP contribution in [0, 0.1) is 5.92 Å². The van der Waals surface area contributed by atoms with Gasteiger partial charge in [-0.2, -0.15) is 4.98 Å². The molecule has 1 saturated heterocycles. The third-order valence-corrected chi connectivity index (χ3v) is 5.84. The molecule has 1 aliphatic heterocycles. The molecule has 28 heavy (non-hydrogen) atoms. The Bertz CT molecular complexity index is 981. The molecule has 0 saturated carbocycles. The molecule has 2 aromatic heterocycles. The van der Waals surface area contributed by atoms with E-state index in [9.17, 15) is 0 Å². The molecule has 4 rings (SSSR count). The summed E-state index contributed by atoms with van der Waals surface area (Å²) in [6, 6.07) is 7.53. The second-order valence-corrected chi connectivity index (χ2v) is 7.90. The third kappa shape index (κ3) is 3.72. The van der Waals surface area contributed by atoms with Crippen LogP contribution in [0.1, 0.15) is 12.8 Å². The Morgan fingerprint density at radius 1 is 1.18 bits per heavy atom. The van der Waals surface area contributed by atoms with Crippen molar-refractivity contribution in [2.24, 2.45) is 5.92 Å². The summed E-state index contributed by atoms with van der Waals surface area (Å²) in [5, 5.41) is 5.26. The molecular weight excluding hydrogens is 395 g/mol. The van der Waals surface area contributed by atoms with Crippen LogP contribution in [-0.2, 0) is 0 Å². The zero-order valence-corrected chi connectivity index (χ0v) is 17.1. The molecule has 3 aromatic rings. The molecule has 0 spiro atoms. The highest BCUT2D eigenvalue weighted by Crippen LogP contribution is 2.41. The standard InChI is InChI=1S/C20H22Cl2N6/c1-24-10-12-5-7-28(8-6-12)19-14(17-15(21)3-2-4-16(17)22)9-13-11-25-20(23)27-18(13)26-19/h2-4,9,11-12,24H,5-8,10H2,1H3,(H2,23,25,26,27). The lowest BCUT2D eigenvalue weighted by atomic mass is 9.96. The summed E-state index contributed by atoms with van der Waals surface area (Å²) < 4.78 is 0. The van der Waals surface area contributed by atoms with Crippen molar-refractivity contribution < 1.29 is 0 Å². The van der Waals surface area contributed by atoms with Crippen molar-refractivity contribution in [2.75, 3.05) is 37.3 Å². The van der Waals surface area contributed by atoms with Gasteiger partial charge in [0.1, 0.15) is 5.82 Å². The lowest BCUT2D eigenvalue weighted by Gasteiger charge is -2.34. The number of benzene rings is 1. The predicted molar refractivity (Wildman–Crippen MR) is 116 cm³/mol. The zero-order chi connectivity index (χ0) is 19.7. The number of hydrogen-bond donors (Lipinski definition) is 2. The van der Waals surface area contributed by atoms with Crippen LogP contribution in [0.3, 0.4) is 0 Å². The van der Waals surface area contributed by atoms with Crippen molar-refractivity contribution in [1.29, 1.82) is 0 Å². The summed E-state index contributed by atoms with van der Waals surface area (Å²) in [7, 11) is 2.00. The number of hydrogen-bond acceptors (Lipinski definition) is 6. The van der Waals surface area contributed by atoms with E-state index in [1.54, 1.807) is 6.20 Å². The number of fused-ring (bicyclic) bond motifs is 1. The predicted octanol–water partition coefficient (Wildman–Crippen LogP) is 4.02. The monoisotopic (exact) mass is 416 g/mol. The van der Waals surface area contributed by atoms with E-state index in [0.717, 1.165) is 54.8 Å². The van der Waals surface area contributed by atoms with Gasteiger partial charge in [-0.25, -0.2) is 9.97 Å². The summed E-state index contributed by atoms with van der Waals surface area (Å²) in [5.74, 6) is 1.72. The first kappa shape index (κ1) is 19.2. The SMILES string of the molecule is CNCC1CCN(c2nc3nc(N)ncc3cc2-c2c(Cl)cccc2Cl)CC1. The maximum Gasteiger partial charge on any atom is 0.222 e. The zero-order valence-electron chi connectivity index (χ0n) is 15.6. The largest absolute Gasteiger partial charge is 0.368 e. The number of rotatable bonds is 4. The molecule has 6 nitrogen and oxygen atoms in total. The maximum atomic E-state index is 6.53. The summed E-state index contributed by atoms with van der Waals surface area (Å²) in [5.41, 5.74) is 8.03. The molecule has 0 aliphatic carbocycles. The first-order valence-corrected chi connectivity index (χ1v) is 10.1. The van der Waals surface area contributed by atoms with Crippen molar-refractivity contribution in [3.8, 4) is 11.1 Å². The Morgan fingerprint density at radius 3 is 2.57 bits per heavy atom. The molecule has 0 bridgehead atoms. The molecule has 1 aliphatic rings. The van der Waals surface area contributed by atoms with Gasteiger partial charge in [-0.3, -0.25) is 0 Å². The van der Waals surface area contributed by atoms with Gasteiger partial charge in [-0.15, -0.1) is 0 Å². The van der Waals surface area contributed by atoms with Gasteiger partial charge in [-0.05, 0) is 50.6 Å². The highest BCUT2D eigenvalue weighted by Gasteiger charge is 2.24. The summed E-state index contributed by atoms with van der Waals surface area (Å²) in [4.78, 5) is 15.5. The van der Waals surface area contributed by atoms with E-state index in [2.05, 4.69) is 20.2 Å². The number of pyridine rings is 1. The fourth-order valence-corrected chi connectivity index (χ4v) is 4.39. The second-order valence-electron chi connectivity index (χ2n) is 7.09. The van der Waals surface area contributed by atoms with E-state index in [-0.39, 0.29) is 5.95 Å². The van der Waals surface area contributed by atoms with Crippen molar-refractivity contribution >= 4 is 46.0 Å². The molecule has 0 amide bonds. The van der Waals surface area contributed by atoms with Gasteiger partial charge in [-0.1, -0.05) is 29.3 Å². The second kappa shape index (κ2) is 8.07. The van der Waals surface area contributed by atoms with Gasteiger partial charge in [0.15, 0.2) is 5.65 Å². The van der Waals surface area contributed by atoms with E-state index >= 15 is 0 Å². The smallest absolute Gasteiger partial charge is 0.222 e. The first-order valence-electron chi connectivity index (χ1n) is 9.34. The molecule has 3 N–H and O–H groups in total. The average molecular weight is 417 g/mol. The maximum absolute atomic E-state index is 6.53. The quantitative estimate of drug-likeness (QED) is 0.668. The van der Waals surface area contributed by atoms with E-state index in [1.165, 1.54) is 0 Å². The molecule has 146 valence electrons. The van der Waals surface area contributed by atoms with Gasteiger partial charge in [0.25, 0.3) is 0 Å². The highest BCUT2D eigenvalue weighted by atomic mass is 35.5. The lowest BCUT2D eigenvalue weighted by molar-refractivity contribution is 0.392. The molecule has 3 heterocycles. The number of anilines is 2. The Morgan fingerprint density at radius 2 is 1.89 bits per heavy atom. The van der Waals surface area contributed by atoms with Crippen LogP contribution < -0.4 is 16.0 Å².